The van der Waals surface area contributed by atoms with E-state index in [1.807, 2.05) is 91.2 Å². The normalized spacial score (nSPS) is 11.5. The van der Waals surface area contributed by atoms with E-state index in [0.29, 0.717) is 16.0 Å². The Morgan fingerprint density at radius 2 is 1.71 bits per heavy atom. The molecule has 1 amide bonds. The molecule has 34 heavy (non-hydrogen) atoms. The second-order valence-corrected chi connectivity index (χ2v) is 9.81. The molecule has 9 heteroatoms. The molecule has 3 aromatic carbocycles. The Labute approximate surface area is 215 Å². The monoisotopic (exact) mass is 553 g/mol. The van der Waals surface area contributed by atoms with Gasteiger partial charge in [0.2, 0.25) is 0 Å². The average Bonchev–Trinajstić information content (AvgIpc) is 3.26. The second-order valence-electron chi connectivity index (χ2n) is 7.51. The number of nitrogens with zero attached hydrogens (tertiary/aromatic N) is 4. The Bertz CT molecular complexity index is 1320. The third-order valence-corrected chi connectivity index (χ3v) is 6.68. The van der Waals surface area contributed by atoms with E-state index in [0.717, 1.165) is 32.6 Å². The van der Waals surface area contributed by atoms with Crippen molar-refractivity contribution in [1.82, 2.24) is 20.2 Å². The third-order valence-electron chi connectivity index (χ3n) is 4.97. The maximum absolute atomic E-state index is 12.5. The number of hydrazone groups is 1. The van der Waals surface area contributed by atoms with Crippen LogP contribution in [0.4, 0.5) is 0 Å². The highest BCUT2D eigenvalue weighted by Crippen LogP contribution is 2.28. The lowest BCUT2D eigenvalue weighted by molar-refractivity contribution is -0.118. The molecule has 0 aliphatic carbocycles. The smallest absolute Gasteiger partial charge is 0.250 e. The van der Waals surface area contributed by atoms with Gasteiger partial charge in [-0.1, -0.05) is 81.3 Å². The number of carbonyl (C=O) groups excluding carboxylic acids is 1. The van der Waals surface area contributed by atoms with E-state index in [2.05, 4.69) is 36.7 Å². The highest BCUT2D eigenvalue weighted by Gasteiger charge is 2.17. The Morgan fingerprint density at radius 1 is 1.03 bits per heavy atom. The van der Waals surface area contributed by atoms with Crippen molar-refractivity contribution in [1.29, 1.82) is 0 Å². The van der Waals surface area contributed by atoms with Crippen molar-refractivity contribution in [3.8, 4) is 17.1 Å². The Kier molecular flexibility index (Phi) is 7.82. The molecule has 1 heterocycles. The molecular formula is C25H21BrClN5OS. The number of amides is 1. The minimum atomic E-state index is -0.232. The predicted molar refractivity (Wildman–Crippen MR) is 142 cm³/mol. The molecule has 0 aliphatic heterocycles. The van der Waals surface area contributed by atoms with Gasteiger partial charge in [-0.2, -0.15) is 5.10 Å². The summed E-state index contributed by atoms with van der Waals surface area (Å²) in [6.45, 7) is 3.89. The Balaban J connectivity index is 1.52. The number of hydrogen-bond donors (Lipinski definition) is 1. The van der Waals surface area contributed by atoms with E-state index in [9.17, 15) is 4.79 Å². The minimum absolute atomic E-state index is 0.136. The van der Waals surface area contributed by atoms with Crippen molar-refractivity contribution in [2.45, 2.75) is 19.0 Å². The van der Waals surface area contributed by atoms with Crippen LogP contribution in [0.2, 0.25) is 5.02 Å². The summed E-state index contributed by atoms with van der Waals surface area (Å²) in [6, 6.07) is 23.2. The maximum atomic E-state index is 12.5. The summed E-state index contributed by atoms with van der Waals surface area (Å²) in [5.74, 6) is 0.592. The summed E-state index contributed by atoms with van der Waals surface area (Å²) >= 11 is 10.8. The van der Waals surface area contributed by atoms with Gasteiger partial charge in [0.05, 0.1) is 11.5 Å². The highest BCUT2D eigenvalue weighted by molar-refractivity contribution is 9.10. The van der Waals surface area contributed by atoms with Crippen molar-refractivity contribution < 1.29 is 4.79 Å². The molecule has 172 valence electrons. The Morgan fingerprint density at radius 3 is 2.38 bits per heavy atom. The van der Waals surface area contributed by atoms with E-state index in [1.54, 1.807) is 0 Å². The molecule has 4 rings (SSSR count). The largest absolute Gasteiger partial charge is 0.272 e. The van der Waals surface area contributed by atoms with Crippen LogP contribution in [0.3, 0.4) is 0 Å². The molecule has 0 radical (unpaired) electrons. The number of nitrogens with one attached hydrogen (secondary N) is 1. The molecule has 0 unspecified atom stereocenters. The molecular weight excluding hydrogens is 534 g/mol. The number of thioether (sulfide) groups is 1. The zero-order valence-electron chi connectivity index (χ0n) is 18.5. The van der Waals surface area contributed by atoms with Crippen molar-refractivity contribution in [3.05, 3.63) is 93.4 Å². The molecule has 0 saturated carbocycles. The van der Waals surface area contributed by atoms with Crippen LogP contribution in [-0.4, -0.2) is 32.1 Å². The van der Waals surface area contributed by atoms with Crippen LogP contribution in [0.15, 0.2) is 87.5 Å². The van der Waals surface area contributed by atoms with E-state index < -0.39 is 0 Å². The molecule has 0 bridgehead atoms. The molecule has 0 saturated heterocycles. The SMILES string of the molecule is CC(=NNC(=O)CSc1nnc(-c2ccc(C)cc2)n1-c1ccc(Cl)cc1)c1ccc(Br)cc1. The van der Waals surface area contributed by atoms with Gasteiger partial charge >= 0.3 is 0 Å². The van der Waals surface area contributed by atoms with Crippen LogP contribution in [0.25, 0.3) is 17.1 Å². The van der Waals surface area contributed by atoms with Gasteiger partial charge in [-0.3, -0.25) is 9.36 Å². The van der Waals surface area contributed by atoms with E-state index in [-0.39, 0.29) is 11.7 Å². The van der Waals surface area contributed by atoms with Gasteiger partial charge < -0.3 is 0 Å². The maximum Gasteiger partial charge on any atom is 0.250 e. The van der Waals surface area contributed by atoms with Crippen molar-refractivity contribution >= 4 is 50.9 Å². The standard InChI is InChI=1S/C25H21BrClN5OS/c1-16-3-5-19(6-4-16)24-30-31-25(32(24)22-13-11-21(27)12-14-22)34-15-23(33)29-28-17(2)18-7-9-20(26)10-8-18/h3-14H,15H2,1-2H3,(H,29,33). The van der Waals surface area contributed by atoms with Crippen molar-refractivity contribution in [3.63, 3.8) is 0 Å². The van der Waals surface area contributed by atoms with E-state index in [1.165, 1.54) is 11.8 Å². The van der Waals surface area contributed by atoms with Crippen LogP contribution < -0.4 is 5.43 Å². The fourth-order valence-electron chi connectivity index (χ4n) is 3.14. The summed E-state index contributed by atoms with van der Waals surface area (Å²) in [6.07, 6.45) is 0. The number of rotatable bonds is 7. The van der Waals surface area contributed by atoms with Gasteiger partial charge in [-0.25, -0.2) is 5.43 Å². The third kappa shape index (κ3) is 5.94. The van der Waals surface area contributed by atoms with Crippen LogP contribution in [0.1, 0.15) is 18.1 Å². The lowest BCUT2D eigenvalue weighted by atomic mass is 10.1. The number of hydrogen-bond acceptors (Lipinski definition) is 5. The van der Waals surface area contributed by atoms with Crippen LogP contribution in [0, 0.1) is 6.92 Å². The zero-order chi connectivity index (χ0) is 24.1. The molecule has 1 aromatic heterocycles. The first-order valence-electron chi connectivity index (χ1n) is 10.4. The second kappa shape index (κ2) is 11.0. The van der Waals surface area contributed by atoms with Crippen LogP contribution in [-0.2, 0) is 4.79 Å². The quantitative estimate of drug-likeness (QED) is 0.166. The molecule has 1 N–H and O–H groups in total. The van der Waals surface area contributed by atoms with Gasteiger partial charge in [0.25, 0.3) is 5.91 Å². The number of halogens is 2. The van der Waals surface area contributed by atoms with Crippen molar-refractivity contribution in [2.75, 3.05) is 5.75 Å². The topological polar surface area (TPSA) is 72.2 Å². The number of aromatic nitrogens is 3. The van der Waals surface area contributed by atoms with Gasteiger partial charge in [0.1, 0.15) is 0 Å². The first kappa shape index (κ1) is 24.2. The molecule has 6 nitrogen and oxygen atoms in total. The van der Waals surface area contributed by atoms with Crippen LogP contribution in [0.5, 0.6) is 0 Å². The number of benzene rings is 3. The first-order chi connectivity index (χ1) is 16.4. The summed E-state index contributed by atoms with van der Waals surface area (Å²) in [5.41, 5.74) is 7.22. The molecule has 4 aromatic rings. The molecule has 0 atom stereocenters. The molecule has 0 aliphatic rings. The fraction of sp³-hybridized carbons (Fsp3) is 0.120. The number of aryl methyl sites for hydroxylation is 1. The highest BCUT2D eigenvalue weighted by atomic mass is 79.9. The predicted octanol–water partition coefficient (Wildman–Crippen LogP) is 6.29. The van der Waals surface area contributed by atoms with Crippen molar-refractivity contribution in [2.24, 2.45) is 5.10 Å². The number of carbonyl (C=O) groups is 1. The zero-order valence-corrected chi connectivity index (χ0v) is 21.7. The lowest BCUT2D eigenvalue weighted by Crippen LogP contribution is -2.21. The Hall–Kier alpha value is -2.94. The molecule has 0 fully saturated rings. The summed E-state index contributed by atoms with van der Waals surface area (Å²) in [4.78, 5) is 12.5. The average molecular weight is 555 g/mol. The lowest BCUT2D eigenvalue weighted by Gasteiger charge is -2.10. The van der Waals surface area contributed by atoms with Gasteiger partial charge in [0, 0.05) is 20.7 Å². The van der Waals surface area contributed by atoms with Crippen LogP contribution >= 0.6 is 39.3 Å². The minimum Gasteiger partial charge on any atom is -0.272 e. The van der Waals surface area contributed by atoms with Gasteiger partial charge in [0.15, 0.2) is 11.0 Å². The van der Waals surface area contributed by atoms with E-state index in [4.69, 9.17) is 11.6 Å². The summed E-state index contributed by atoms with van der Waals surface area (Å²) < 4.78 is 2.91. The van der Waals surface area contributed by atoms with Gasteiger partial charge in [-0.05, 0) is 55.8 Å². The summed E-state index contributed by atoms with van der Waals surface area (Å²) in [5, 5.41) is 14.2. The van der Waals surface area contributed by atoms with E-state index >= 15 is 0 Å². The summed E-state index contributed by atoms with van der Waals surface area (Å²) in [7, 11) is 0. The fourth-order valence-corrected chi connectivity index (χ4v) is 4.27. The molecule has 0 spiro atoms. The first-order valence-corrected chi connectivity index (χ1v) is 12.6. The van der Waals surface area contributed by atoms with Gasteiger partial charge in [-0.15, -0.1) is 10.2 Å².